The number of aromatic nitrogens is 5. The summed E-state index contributed by atoms with van der Waals surface area (Å²) >= 11 is 6.53. The summed E-state index contributed by atoms with van der Waals surface area (Å²) in [7, 11) is 0. The van der Waals surface area contributed by atoms with E-state index in [1.807, 2.05) is 4.90 Å². The highest BCUT2D eigenvalue weighted by Crippen LogP contribution is 2.37. The van der Waals surface area contributed by atoms with E-state index >= 15 is 0 Å². The summed E-state index contributed by atoms with van der Waals surface area (Å²) in [4.78, 5) is 37.8. The lowest BCUT2D eigenvalue weighted by atomic mass is 10.1. The highest BCUT2D eigenvalue weighted by Gasteiger charge is 2.38. The summed E-state index contributed by atoms with van der Waals surface area (Å²) in [6, 6.07) is 6.77. The lowest BCUT2D eigenvalue weighted by molar-refractivity contribution is -0.141. The molecule has 2 amide bonds. The Morgan fingerprint density at radius 1 is 1.16 bits per heavy atom. The van der Waals surface area contributed by atoms with Crippen LogP contribution in [0.3, 0.4) is 0 Å². The number of anilines is 2. The molecule has 2 aliphatic rings. The molecule has 0 bridgehead atoms. The van der Waals surface area contributed by atoms with E-state index in [1.54, 1.807) is 29.2 Å². The quantitative estimate of drug-likeness (QED) is 0.264. The van der Waals surface area contributed by atoms with E-state index in [4.69, 9.17) is 16.9 Å². The monoisotopic (exact) mass is 641 g/mol. The first-order valence-electron chi connectivity index (χ1n) is 14.0. The van der Waals surface area contributed by atoms with E-state index in [9.17, 15) is 22.8 Å². The third kappa shape index (κ3) is 6.41. The van der Waals surface area contributed by atoms with Crippen LogP contribution in [0.25, 0.3) is 16.9 Å². The molecule has 2 fully saturated rings. The first kappa shape index (κ1) is 30.3. The van der Waals surface area contributed by atoms with Crippen LogP contribution in [0.1, 0.15) is 16.1 Å². The number of hydrogen-bond acceptors (Lipinski definition) is 9. The summed E-state index contributed by atoms with van der Waals surface area (Å²) in [5.74, 6) is -0.0146. The fraction of sp³-hybridized carbons (Fsp3) is 0.357. The fourth-order valence-electron chi connectivity index (χ4n) is 5.23. The van der Waals surface area contributed by atoms with Crippen molar-refractivity contribution in [2.45, 2.75) is 18.8 Å². The van der Waals surface area contributed by atoms with Gasteiger partial charge in [0.25, 0.3) is 5.91 Å². The topological polar surface area (TPSA) is 149 Å². The Bertz CT molecular complexity index is 1790. The highest BCUT2D eigenvalue weighted by atomic mass is 35.5. The minimum absolute atomic E-state index is 0.0260. The third-order valence-electron chi connectivity index (χ3n) is 7.60. The number of nitriles is 1. The standard InChI is InChI=1S/C28H27ClF3N11O2/c29-21-11-17(1-2-19(21)27(45)41-9-7-40(8-10-41)16-23(44)37-18-12-34-13-18)38-25-26-36-14-22(43(26)6-4-35-25)20-15-42(5-3-33)39-24(20)28(30,31)32/h1-2,4,6,11,14-15,18,34H,5,7-10,12-13,16H2,(H,35,38)(H,37,44). The summed E-state index contributed by atoms with van der Waals surface area (Å²) < 4.78 is 43.6. The molecular formula is C28H27ClF3N11O2. The Labute approximate surface area is 259 Å². The molecule has 0 atom stereocenters. The maximum atomic E-state index is 13.7. The minimum atomic E-state index is -4.75. The lowest BCUT2D eigenvalue weighted by Crippen LogP contribution is -2.59. The Morgan fingerprint density at radius 2 is 1.93 bits per heavy atom. The average Bonchev–Trinajstić information content (AvgIpc) is 3.60. The Hall–Kier alpha value is -4.72. The van der Waals surface area contributed by atoms with E-state index < -0.39 is 11.9 Å². The average molecular weight is 642 g/mol. The molecule has 1 aromatic carbocycles. The van der Waals surface area contributed by atoms with Gasteiger partial charge in [0, 0.05) is 63.5 Å². The minimum Gasteiger partial charge on any atom is -0.350 e. The number of nitrogens with one attached hydrogen (secondary N) is 3. The van der Waals surface area contributed by atoms with Gasteiger partial charge < -0.3 is 20.9 Å². The number of imidazole rings is 1. The molecule has 17 heteroatoms. The van der Waals surface area contributed by atoms with Crippen LogP contribution in [0.15, 0.2) is 43.0 Å². The van der Waals surface area contributed by atoms with E-state index in [0.29, 0.717) is 37.4 Å². The van der Waals surface area contributed by atoms with Gasteiger partial charge in [-0.3, -0.25) is 23.6 Å². The highest BCUT2D eigenvalue weighted by molar-refractivity contribution is 6.34. The maximum absolute atomic E-state index is 13.7. The summed E-state index contributed by atoms with van der Waals surface area (Å²) in [6.45, 7) is 3.53. The van der Waals surface area contributed by atoms with E-state index in [-0.39, 0.29) is 58.7 Å². The second kappa shape index (κ2) is 12.3. The van der Waals surface area contributed by atoms with Crippen LogP contribution < -0.4 is 16.0 Å². The molecule has 2 aliphatic heterocycles. The number of rotatable bonds is 8. The second-order valence-electron chi connectivity index (χ2n) is 10.7. The van der Waals surface area contributed by atoms with Crippen molar-refractivity contribution in [3.05, 3.63) is 59.3 Å². The van der Waals surface area contributed by atoms with Gasteiger partial charge in [0.15, 0.2) is 17.2 Å². The van der Waals surface area contributed by atoms with Gasteiger partial charge in [-0.2, -0.15) is 23.5 Å². The number of benzene rings is 1. The van der Waals surface area contributed by atoms with Crippen LogP contribution in [0.5, 0.6) is 0 Å². The third-order valence-corrected chi connectivity index (χ3v) is 7.92. The van der Waals surface area contributed by atoms with Gasteiger partial charge in [-0.1, -0.05) is 11.6 Å². The number of alkyl halides is 3. The van der Waals surface area contributed by atoms with Crippen molar-refractivity contribution in [3.63, 3.8) is 0 Å². The predicted molar refractivity (Wildman–Crippen MR) is 157 cm³/mol. The zero-order valence-corrected chi connectivity index (χ0v) is 24.4. The molecule has 4 aromatic rings. The fourth-order valence-corrected chi connectivity index (χ4v) is 5.49. The molecule has 0 unspecified atom stereocenters. The number of carbonyl (C=O) groups excluding carboxylic acids is 2. The Kier molecular flexibility index (Phi) is 8.32. The van der Waals surface area contributed by atoms with Gasteiger partial charge in [0.05, 0.1) is 46.7 Å². The largest absolute Gasteiger partial charge is 0.435 e. The smallest absolute Gasteiger partial charge is 0.350 e. The molecule has 5 heterocycles. The van der Waals surface area contributed by atoms with Crippen LogP contribution in [-0.2, 0) is 17.5 Å². The van der Waals surface area contributed by atoms with Gasteiger partial charge in [-0.05, 0) is 18.2 Å². The van der Waals surface area contributed by atoms with Gasteiger partial charge >= 0.3 is 6.18 Å². The molecule has 6 rings (SSSR count). The lowest BCUT2D eigenvalue weighted by Gasteiger charge is -2.35. The second-order valence-corrected chi connectivity index (χ2v) is 11.1. The van der Waals surface area contributed by atoms with Crippen molar-refractivity contribution in [2.24, 2.45) is 0 Å². The van der Waals surface area contributed by atoms with Crippen LogP contribution in [0, 0.1) is 11.3 Å². The molecule has 45 heavy (non-hydrogen) atoms. The van der Waals surface area contributed by atoms with Crippen molar-refractivity contribution in [1.29, 1.82) is 5.26 Å². The molecule has 3 aromatic heterocycles. The molecule has 0 aliphatic carbocycles. The number of hydrogen-bond donors (Lipinski definition) is 3. The number of amides is 2. The zero-order chi connectivity index (χ0) is 31.7. The molecule has 3 N–H and O–H groups in total. The molecule has 0 saturated carbocycles. The van der Waals surface area contributed by atoms with E-state index in [1.165, 1.54) is 23.0 Å². The van der Waals surface area contributed by atoms with Gasteiger partial charge in [-0.25, -0.2) is 9.97 Å². The Balaban J connectivity index is 1.14. The number of fused-ring (bicyclic) bond motifs is 1. The first-order valence-corrected chi connectivity index (χ1v) is 14.4. The number of carbonyl (C=O) groups is 2. The van der Waals surface area contributed by atoms with Crippen molar-refractivity contribution in [3.8, 4) is 17.3 Å². The predicted octanol–water partition coefficient (Wildman–Crippen LogP) is 2.38. The molecule has 13 nitrogen and oxygen atoms in total. The van der Waals surface area contributed by atoms with Crippen molar-refractivity contribution >= 4 is 40.6 Å². The van der Waals surface area contributed by atoms with Crippen molar-refractivity contribution in [2.75, 3.05) is 51.1 Å². The first-order chi connectivity index (χ1) is 21.6. The Morgan fingerprint density at radius 3 is 2.60 bits per heavy atom. The molecule has 0 radical (unpaired) electrons. The zero-order valence-electron chi connectivity index (χ0n) is 23.7. The van der Waals surface area contributed by atoms with Crippen LogP contribution in [0.2, 0.25) is 5.02 Å². The number of nitrogens with zero attached hydrogens (tertiary/aromatic N) is 8. The summed E-state index contributed by atoms with van der Waals surface area (Å²) in [5, 5.41) is 21.8. The van der Waals surface area contributed by atoms with Crippen molar-refractivity contribution in [1.82, 2.24) is 44.6 Å². The van der Waals surface area contributed by atoms with Gasteiger partial charge in [-0.15, -0.1) is 0 Å². The van der Waals surface area contributed by atoms with Gasteiger partial charge in [0.1, 0.15) is 6.54 Å². The van der Waals surface area contributed by atoms with Crippen LogP contribution >= 0.6 is 11.6 Å². The van der Waals surface area contributed by atoms with Crippen LogP contribution in [-0.4, -0.2) is 97.6 Å². The van der Waals surface area contributed by atoms with Crippen molar-refractivity contribution < 1.29 is 22.8 Å². The van der Waals surface area contributed by atoms with Crippen LogP contribution in [0.4, 0.5) is 24.7 Å². The van der Waals surface area contributed by atoms with Gasteiger partial charge in [0.2, 0.25) is 5.91 Å². The SMILES string of the molecule is N#CCn1cc(-c2cnc3c(Nc4ccc(C(=O)N5CCN(CC(=O)NC6CNC6)CC5)c(Cl)c4)nccn23)c(C(F)(F)F)n1. The molecular weight excluding hydrogens is 615 g/mol. The van der Waals surface area contributed by atoms with E-state index in [0.717, 1.165) is 24.0 Å². The summed E-state index contributed by atoms with van der Waals surface area (Å²) in [5.41, 5.74) is -0.218. The molecule has 2 saturated heterocycles. The normalized spacial score (nSPS) is 15.9. The molecule has 0 spiro atoms. The number of piperazine rings is 1. The van der Waals surface area contributed by atoms with E-state index in [2.05, 4.69) is 31.0 Å². The summed E-state index contributed by atoms with van der Waals surface area (Å²) in [6.07, 6.45) is 0.556. The maximum Gasteiger partial charge on any atom is 0.435 e. The molecule has 234 valence electrons. The number of halogens is 4.